The summed E-state index contributed by atoms with van der Waals surface area (Å²) < 4.78 is 15.8. The van der Waals surface area contributed by atoms with E-state index in [9.17, 15) is 19.4 Å². The van der Waals surface area contributed by atoms with E-state index in [4.69, 9.17) is 5.26 Å². The van der Waals surface area contributed by atoms with Crippen LogP contribution in [0.2, 0.25) is 0 Å². The van der Waals surface area contributed by atoms with Crippen LogP contribution < -0.4 is 10.6 Å². The molecule has 3 aromatic rings. The molecule has 0 spiro atoms. The molecule has 4 N–H and O–H groups in total. The van der Waals surface area contributed by atoms with Crippen molar-refractivity contribution >= 4 is 17.1 Å². The molecule has 0 fully saturated rings. The first kappa shape index (κ1) is 25.1. The average Bonchev–Trinajstić information content (AvgIpc) is 3.18. The Morgan fingerprint density at radius 1 is 1.24 bits per heavy atom. The molecule has 0 aliphatic heterocycles. The van der Waals surface area contributed by atoms with Crippen LogP contribution in [0.4, 0.5) is 10.1 Å². The fourth-order valence-electron chi connectivity index (χ4n) is 3.21. The zero-order valence-electron chi connectivity index (χ0n) is 19.6. The van der Waals surface area contributed by atoms with Gasteiger partial charge in [-0.2, -0.15) is 10.4 Å². The number of halogens is 1. The molecule has 3 aromatic heterocycles. The third kappa shape index (κ3) is 6.07. The van der Waals surface area contributed by atoms with Gasteiger partial charge in [0.1, 0.15) is 12.2 Å². The fourth-order valence-corrected chi connectivity index (χ4v) is 3.21. The number of alkyl halides is 1. The normalized spacial score (nSPS) is 12.9. The van der Waals surface area contributed by atoms with Crippen molar-refractivity contribution in [2.45, 2.75) is 51.5 Å². The van der Waals surface area contributed by atoms with Crippen molar-refractivity contribution in [3.8, 4) is 17.5 Å². The van der Waals surface area contributed by atoms with Crippen molar-refractivity contribution in [2.75, 3.05) is 18.4 Å². The average molecular weight is 469 g/mol. The third-order valence-corrected chi connectivity index (χ3v) is 5.30. The Labute approximate surface area is 197 Å². The largest absolute Gasteiger partial charge is 0.390 e. The number of nitriles is 1. The second-order valence-corrected chi connectivity index (χ2v) is 9.35. The Bertz CT molecular complexity index is 1220. The van der Waals surface area contributed by atoms with E-state index in [1.165, 1.54) is 26.2 Å². The molecule has 0 saturated carbocycles. The summed E-state index contributed by atoms with van der Waals surface area (Å²) in [5.74, 6) is -0.548. The summed E-state index contributed by atoms with van der Waals surface area (Å²) >= 11 is 0. The standard InChI is InChI=1S/C24H29FN6O3/c1-23(2,33)7-8-27-18-10-19(20-6-5-16-9-15(11-26)12-30-31(16)20)28-13-17(18)22(32)29-14-21(25)24(3,4)34/h5-6,9-10,12-13,21,33-34H,7-8,14H2,1-4H3,(H,27,28)(H,29,32). The van der Waals surface area contributed by atoms with E-state index in [1.807, 2.05) is 12.1 Å². The first-order valence-electron chi connectivity index (χ1n) is 10.9. The molecule has 1 atom stereocenters. The number of amides is 1. The van der Waals surface area contributed by atoms with E-state index in [0.717, 1.165) is 5.52 Å². The highest BCUT2D eigenvalue weighted by Gasteiger charge is 2.27. The quantitative estimate of drug-likeness (QED) is 0.379. The number of hydrogen-bond acceptors (Lipinski definition) is 7. The number of nitrogens with one attached hydrogen (secondary N) is 2. The summed E-state index contributed by atoms with van der Waals surface area (Å²) in [6, 6.07) is 9.06. The van der Waals surface area contributed by atoms with Gasteiger partial charge in [0.25, 0.3) is 5.91 Å². The van der Waals surface area contributed by atoms with Crippen molar-refractivity contribution in [3.63, 3.8) is 0 Å². The highest BCUT2D eigenvalue weighted by atomic mass is 19.1. The monoisotopic (exact) mass is 468 g/mol. The third-order valence-electron chi connectivity index (χ3n) is 5.30. The molecule has 0 saturated heterocycles. The minimum Gasteiger partial charge on any atom is -0.390 e. The molecule has 9 nitrogen and oxygen atoms in total. The molecule has 3 heterocycles. The molecule has 10 heteroatoms. The van der Waals surface area contributed by atoms with Crippen LogP contribution in [0, 0.1) is 11.3 Å². The Kier molecular flexibility index (Phi) is 7.19. The van der Waals surface area contributed by atoms with E-state index in [2.05, 4.69) is 26.8 Å². The molecule has 0 aromatic carbocycles. The second kappa shape index (κ2) is 9.75. The second-order valence-electron chi connectivity index (χ2n) is 9.35. The molecule has 1 unspecified atom stereocenters. The van der Waals surface area contributed by atoms with Crippen molar-refractivity contribution in [2.24, 2.45) is 0 Å². The van der Waals surface area contributed by atoms with Gasteiger partial charge in [0.05, 0.1) is 57.7 Å². The summed E-state index contributed by atoms with van der Waals surface area (Å²) in [7, 11) is 0. The molecule has 1 amide bonds. The maximum absolute atomic E-state index is 14.1. The lowest BCUT2D eigenvalue weighted by atomic mass is 10.0. The van der Waals surface area contributed by atoms with Gasteiger partial charge < -0.3 is 20.8 Å². The van der Waals surface area contributed by atoms with Gasteiger partial charge in [-0.15, -0.1) is 0 Å². The van der Waals surface area contributed by atoms with Crippen molar-refractivity contribution in [3.05, 3.63) is 47.8 Å². The van der Waals surface area contributed by atoms with E-state index in [1.54, 1.807) is 30.5 Å². The molecular weight excluding hydrogens is 439 g/mol. The van der Waals surface area contributed by atoms with Crippen LogP contribution in [-0.2, 0) is 0 Å². The van der Waals surface area contributed by atoms with E-state index < -0.39 is 23.3 Å². The minimum atomic E-state index is -1.65. The lowest BCUT2D eigenvalue weighted by molar-refractivity contribution is -0.00177. The summed E-state index contributed by atoms with van der Waals surface area (Å²) in [6.07, 6.45) is 1.62. The first-order chi connectivity index (χ1) is 15.9. The lowest BCUT2D eigenvalue weighted by Gasteiger charge is -2.23. The van der Waals surface area contributed by atoms with Gasteiger partial charge in [-0.25, -0.2) is 8.91 Å². The van der Waals surface area contributed by atoms with Gasteiger partial charge in [-0.1, -0.05) is 0 Å². The van der Waals surface area contributed by atoms with Crippen molar-refractivity contribution < 1.29 is 19.4 Å². The van der Waals surface area contributed by atoms with Gasteiger partial charge in [0, 0.05) is 12.7 Å². The number of anilines is 1. The number of carbonyl (C=O) groups excluding carboxylic acids is 1. The molecule has 0 aliphatic rings. The number of nitrogens with zero attached hydrogens (tertiary/aromatic N) is 4. The van der Waals surface area contributed by atoms with Gasteiger partial charge >= 0.3 is 0 Å². The predicted octanol–water partition coefficient (Wildman–Crippen LogP) is 2.68. The minimum absolute atomic E-state index is 0.197. The Morgan fingerprint density at radius 3 is 2.62 bits per heavy atom. The number of rotatable bonds is 9. The van der Waals surface area contributed by atoms with Crippen LogP contribution in [0.5, 0.6) is 0 Å². The fraction of sp³-hybridized carbons (Fsp3) is 0.417. The summed E-state index contributed by atoms with van der Waals surface area (Å²) in [5.41, 5.74) is 0.495. The van der Waals surface area contributed by atoms with Crippen molar-refractivity contribution in [1.29, 1.82) is 5.26 Å². The zero-order chi connectivity index (χ0) is 25.1. The maximum atomic E-state index is 14.1. The molecule has 34 heavy (non-hydrogen) atoms. The number of aromatic nitrogens is 3. The number of carbonyl (C=O) groups is 1. The SMILES string of the molecule is CC(C)(O)CCNc1cc(-c2ccc3cc(C#N)cnn23)ncc1C(=O)NCC(F)C(C)(C)O. The number of fused-ring (bicyclic) bond motifs is 1. The van der Waals surface area contributed by atoms with Crippen LogP contribution in [0.15, 0.2) is 36.7 Å². The van der Waals surface area contributed by atoms with E-state index in [0.29, 0.717) is 35.6 Å². The number of hydrogen-bond donors (Lipinski definition) is 4. The zero-order valence-corrected chi connectivity index (χ0v) is 19.6. The Morgan fingerprint density at radius 2 is 1.97 bits per heavy atom. The van der Waals surface area contributed by atoms with Gasteiger partial charge in [-0.3, -0.25) is 9.78 Å². The summed E-state index contributed by atoms with van der Waals surface area (Å²) in [6.45, 7) is 6.06. The first-order valence-corrected chi connectivity index (χ1v) is 10.9. The smallest absolute Gasteiger partial charge is 0.255 e. The highest BCUT2D eigenvalue weighted by Crippen LogP contribution is 2.26. The van der Waals surface area contributed by atoms with Gasteiger partial charge in [-0.05, 0) is 58.4 Å². The highest BCUT2D eigenvalue weighted by molar-refractivity contribution is 6.00. The molecule has 0 radical (unpaired) electrons. The Hall–Kier alpha value is -3.55. The van der Waals surface area contributed by atoms with Crippen LogP contribution in [0.1, 0.15) is 50.0 Å². The molecule has 0 bridgehead atoms. The molecular formula is C24H29FN6O3. The van der Waals surface area contributed by atoms with Crippen LogP contribution >= 0.6 is 0 Å². The van der Waals surface area contributed by atoms with Crippen LogP contribution in [-0.4, -0.2) is 61.2 Å². The summed E-state index contributed by atoms with van der Waals surface area (Å²) in [4.78, 5) is 17.2. The molecule has 0 aliphatic carbocycles. The van der Waals surface area contributed by atoms with Crippen molar-refractivity contribution in [1.82, 2.24) is 19.9 Å². The van der Waals surface area contributed by atoms with Gasteiger partial charge in [0.15, 0.2) is 0 Å². The van der Waals surface area contributed by atoms with Crippen LogP contribution in [0.3, 0.4) is 0 Å². The predicted molar refractivity (Wildman–Crippen MR) is 126 cm³/mol. The van der Waals surface area contributed by atoms with E-state index >= 15 is 0 Å². The topological polar surface area (TPSA) is 136 Å². The molecule has 180 valence electrons. The number of aliphatic hydroxyl groups is 2. The van der Waals surface area contributed by atoms with E-state index in [-0.39, 0.29) is 12.1 Å². The Balaban J connectivity index is 1.92. The van der Waals surface area contributed by atoms with Gasteiger partial charge in [0.2, 0.25) is 0 Å². The molecule has 3 rings (SSSR count). The lowest BCUT2D eigenvalue weighted by Crippen LogP contribution is -2.42. The number of pyridine rings is 1. The summed E-state index contributed by atoms with van der Waals surface area (Å²) in [5, 5.41) is 38.9. The van der Waals surface area contributed by atoms with Crippen LogP contribution in [0.25, 0.3) is 16.9 Å². The maximum Gasteiger partial charge on any atom is 0.255 e.